The van der Waals surface area contributed by atoms with Gasteiger partial charge in [0, 0.05) is 5.92 Å². The summed E-state index contributed by atoms with van der Waals surface area (Å²) in [5.41, 5.74) is 1.88. The number of halogens is 1. The van der Waals surface area contributed by atoms with Gasteiger partial charge < -0.3 is 0 Å². The van der Waals surface area contributed by atoms with E-state index in [0.717, 1.165) is 41.2 Å². The maximum Gasteiger partial charge on any atom is 0.132 e. The lowest BCUT2D eigenvalue weighted by molar-refractivity contribution is 0.274. The van der Waals surface area contributed by atoms with E-state index in [9.17, 15) is 0 Å². The molecule has 3 aromatic carbocycles. The van der Waals surface area contributed by atoms with E-state index in [-0.39, 0.29) is 5.92 Å². The van der Waals surface area contributed by atoms with Crippen molar-refractivity contribution in [1.82, 2.24) is 0 Å². The minimum absolute atomic E-state index is 0.0719. The van der Waals surface area contributed by atoms with Gasteiger partial charge in [-0.25, -0.2) is 4.39 Å². The van der Waals surface area contributed by atoms with Crippen molar-refractivity contribution >= 4 is 10.8 Å². The Bertz CT molecular complexity index is 748. The van der Waals surface area contributed by atoms with Gasteiger partial charge in [-0.1, -0.05) is 86.5 Å². The van der Waals surface area contributed by atoms with Gasteiger partial charge in [-0.2, -0.15) is 0 Å². The molecule has 1 heteroatoms. The summed E-state index contributed by atoms with van der Waals surface area (Å²) < 4.78 is 15.3. The first-order valence-electron chi connectivity index (χ1n) is 8.47. The van der Waals surface area contributed by atoms with E-state index in [2.05, 4.69) is 19.1 Å². The number of rotatable bonds is 6. The van der Waals surface area contributed by atoms with Crippen LogP contribution in [0.3, 0.4) is 0 Å². The Labute approximate surface area is 138 Å². The van der Waals surface area contributed by atoms with Crippen molar-refractivity contribution < 1.29 is 4.39 Å². The summed E-state index contributed by atoms with van der Waals surface area (Å²) in [6.45, 7) is 2.16. The third-order valence-corrected chi connectivity index (χ3v) is 4.54. The average Bonchev–Trinajstić information content (AvgIpc) is 2.62. The molecule has 0 heterocycles. The molecule has 118 valence electrons. The van der Waals surface area contributed by atoms with Crippen molar-refractivity contribution in [3.63, 3.8) is 0 Å². The Morgan fingerprint density at radius 1 is 0.783 bits per heavy atom. The van der Waals surface area contributed by atoms with E-state index in [4.69, 9.17) is 0 Å². The lowest BCUT2D eigenvalue weighted by atomic mass is 9.86. The van der Waals surface area contributed by atoms with Gasteiger partial charge in [0.25, 0.3) is 0 Å². The molecule has 23 heavy (non-hydrogen) atoms. The molecule has 3 aromatic rings. The fraction of sp³-hybridized carbons (Fsp3) is 0.273. The zero-order valence-corrected chi connectivity index (χ0v) is 13.6. The van der Waals surface area contributed by atoms with Crippen LogP contribution in [0, 0.1) is 0 Å². The van der Waals surface area contributed by atoms with E-state index < -0.39 is 6.17 Å². The lowest BCUT2D eigenvalue weighted by Crippen LogP contribution is -2.07. The van der Waals surface area contributed by atoms with E-state index in [1.165, 1.54) is 0 Å². The van der Waals surface area contributed by atoms with Crippen LogP contribution in [0.5, 0.6) is 0 Å². The van der Waals surface area contributed by atoms with E-state index in [0.29, 0.717) is 0 Å². The van der Waals surface area contributed by atoms with Crippen LogP contribution in [-0.2, 0) is 0 Å². The SMILES string of the molecule is CCCCC(c1ccccc1)C(F)c1ccc2ccccc2c1. The molecule has 0 N–H and O–H groups in total. The molecule has 2 unspecified atom stereocenters. The third kappa shape index (κ3) is 3.61. The number of fused-ring (bicyclic) bond motifs is 1. The van der Waals surface area contributed by atoms with Crippen LogP contribution in [-0.4, -0.2) is 0 Å². The van der Waals surface area contributed by atoms with Gasteiger partial charge in [0.15, 0.2) is 0 Å². The van der Waals surface area contributed by atoms with Crippen LogP contribution in [0.4, 0.5) is 4.39 Å². The normalized spacial score (nSPS) is 13.8. The van der Waals surface area contributed by atoms with Gasteiger partial charge in [0.05, 0.1) is 0 Å². The molecular formula is C22H23F. The van der Waals surface area contributed by atoms with Crippen LogP contribution in [0.25, 0.3) is 10.8 Å². The second kappa shape index (κ2) is 7.41. The summed E-state index contributed by atoms with van der Waals surface area (Å²) in [6.07, 6.45) is 2.06. The minimum atomic E-state index is -0.964. The van der Waals surface area contributed by atoms with Crippen LogP contribution < -0.4 is 0 Å². The molecule has 3 rings (SSSR count). The number of hydrogen-bond donors (Lipinski definition) is 0. The van der Waals surface area contributed by atoms with Gasteiger partial charge >= 0.3 is 0 Å². The second-order valence-electron chi connectivity index (χ2n) is 6.17. The Morgan fingerprint density at radius 2 is 1.48 bits per heavy atom. The molecule has 0 amide bonds. The van der Waals surface area contributed by atoms with Gasteiger partial charge in [-0.3, -0.25) is 0 Å². The van der Waals surface area contributed by atoms with Crippen molar-refractivity contribution in [2.45, 2.75) is 38.3 Å². The van der Waals surface area contributed by atoms with Crippen LogP contribution in [0.2, 0.25) is 0 Å². The largest absolute Gasteiger partial charge is 0.242 e. The van der Waals surface area contributed by atoms with Gasteiger partial charge in [0.2, 0.25) is 0 Å². The predicted octanol–water partition coefficient (Wildman–Crippen LogP) is 6.82. The average molecular weight is 306 g/mol. The number of alkyl halides is 1. The number of hydrogen-bond acceptors (Lipinski definition) is 0. The highest BCUT2D eigenvalue weighted by molar-refractivity contribution is 5.83. The van der Waals surface area contributed by atoms with E-state index in [1.54, 1.807) is 0 Å². The molecule has 0 fully saturated rings. The van der Waals surface area contributed by atoms with Crippen molar-refractivity contribution in [1.29, 1.82) is 0 Å². The highest BCUT2D eigenvalue weighted by Gasteiger charge is 2.24. The number of benzene rings is 3. The fourth-order valence-electron chi connectivity index (χ4n) is 3.22. The maximum absolute atomic E-state index is 15.3. The first-order valence-corrected chi connectivity index (χ1v) is 8.47. The summed E-state index contributed by atoms with van der Waals surface area (Å²) in [6, 6.07) is 24.2. The molecule has 0 aliphatic heterocycles. The van der Waals surface area contributed by atoms with Crippen molar-refractivity contribution in [3.05, 3.63) is 83.9 Å². The number of unbranched alkanes of at least 4 members (excludes halogenated alkanes) is 1. The van der Waals surface area contributed by atoms with Crippen molar-refractivity contribution in [3.8, 4) is 0 Å². The minimum Gasteiger partial charge on any atom is -0.242 e. The molecule has 0 saturated heterocycles. The topological polar surface area (TPSA) is 0 Å². The highest BCUT2D eigenvalue weighted by Crippen LogP contribution is 2.38. The Balaban J connectivity index is 1.93. The molecule has 0 aromatic heterocycles. The van der Waals surface area contributed by atoms with Crippen molar-refractivity contribution in [2.24, 2.45) is 0 Å². The monoisotopic (exact) mass is 306 g/mol. The first kappa shape index (κ1) is 15.7. The van der Waals surface area contributed by atoms with E-state index >= 15 is 4.39 Å². The molecule has 0 aliphatic rings. The second-order valence-corrected chi connectivity index (χ2v) is 6.17. The summed E-state index contributed by atoms with van der Waals surface area (Å²) in [5, 5.41) is 2.27. The summed E-state index contributed by atoms with van der Waals surface area (Å²) in [7, 11) is 0. The zero-order chi connectivity index (χ0) is 16.1. The van der Waals surface area contributed by atoms with Crippen LogP contribution in [0.15, 0.2) is 72.8 Å². The lowest BCUT2D eigenvalue weighted by Gasteiger charge is -2.22. The van der Waals surface area contributed by atoms with Gasteiger partial charge in [0.1, 0.15) is 6.17 Å². The van der Waals surface area contributed by atoms with Crippen molar-refractivity contribution in [2.75, 3.05) is 0 Å². The summed E-state index contributed by atoms with van der Waals surface area (Å²) in [5.74, 6) is -0.0719. The first-order chi connectivity index (χ1) is 11.3. The molecule has 0 bridgehead atoms. The standard InChI is InChI=1S/C22H23F/c1-2-3-13-21(18-10-5-4-6-11-18)22(23)20-15-14-17-9-7-8-12-19(17)16-20/h4-12,14-16,21-22H,2-3,13H2,1H3. The zero-order valence-electron chi connectivity index (χ0n) is 13.6. The molecule has 0 spiro atoms. The molecular weight excluding hydrogens is 283 g/mol. The quantitative estimate of drug-likeness (QED) is 0.468. The third-order valence-electron chi connectivity index (χ3n) is 4.54. The molecule has 2 atom stereocenters. The molecule has 0 aliphatic carbocycles. The smallest absolute Gasteiger partial charge is 0.132 e. The Kier molecular flexibility index (Phi) is 5.07. The van der Waals surface area contributed by atoms with Crippen LogP contribution >= 0.6 is 0 Å². The van der Waals surface area contributed by atoms with Crippen LogP contribution in [0.1, 0.15) is 49.4 Å². The predicted molar refractivity (Wildman–Crippen MR) is 96.5 cm³/mol. The highest BCUT2D eigenvalue weighted by atomic mass is 19.1. The van der Waals surface area contributed by atoms with Gasteiger partial charge in [-0.05, 0) is 34.4 Å². The molecule has 0 radical (unpaired) electrons. The molecule has 0 saturated carbocycles. The molecule has 0 nitrogen and oxygen atoms in total. The van der Waals surface area contributed by atoms with E-state index in [1.807, 2.05) is 60.7 Å². The maximum atomic E-state index is 15.3. The fourth-order valence-corrected chi connectivity index (χ4v) is 3.22. The van der Waals surface area contributed by atoms with Gasteiger partial charge in [-0.15, -0.1) is 0 Å². The summed E-state index contributed by atoms with van der Waals surface area (Å²) >= 11 is 0. The Hall–Kier alpha value is -2.15. The summed E-state index contributed by atoms with van der Waals surface area (Å²) in [4.78, 5) is 0. The Morgan fingerprint density at radius 3 is 2.22 bits per heavy atom.